The molecular weight excluding hydrogens is 360 g/mol. The Labute approximate surface area is 159 Å². The molecule has 0 atom stereocenters. The van der Waals surface area contributed by atoms with Crippen LogP contribution in [0.3, 0.4) is 0 Å². The summed E-state index contributed by atoms with van der Waals surface area (Å²) in [6, 6.07) is 10.2. The van der Waals surface area contributed by atoms with Crippen LogP contribution >= 0.6 is 11.8 Å². The van der Waals surface area contributed by atoms with Crippen molar-refractivity contribution in [1.82, 2.24) is 34.8 Å². The Morgan fingerprint density at radius 2 is 1.96 bits per heavy atom. The molecule has 4 heterocycles. The number of thioether (sulfide) groups is 1. The summed E-state index contributed by atoms with van der Waals surface area (Å²) in [5.41, 5.74) is 4.72. The molecule has 5 rings (SSSR count). The van der Waals surface area contributed by atoms with Gasteiger partial charge in [0.25, 0.3) is 5.78 Å². The van der Waals surface area contributed by atoms with Crippen molar-refractivity contribution in [3.63, 3.8) is 0 Å². The molecular formula is C18H16N8S. The van der Waals surface area contributed by atoms with Gasteiger partial charge in [-0.25, -0.2) is 9.97 Å². The van der Waals surface area contributed by atoms with Crippen LogP contribution in [0.5, 0.6) is 0 Å². The average Bonchev–Trinajstić information content (AvgIpc) is 3.33. The molecule has 134 valence electrons. The molecule has 27 heavy (non-hydrogen) atoms. The van der Waals surface area contributed by atoms with Gasteiger partial charge in [0.15, 0.2) is 0 Å². The maximum atomic E-state index is 4.76. The second-order valence-corrected chi connectivity index (χ2v) is 6.99. The molecule has 0 radical (unpaired) electrons. The number of benzene rings is 1. The Morgan fingerprint density at radius 1 is 1.07 bits per heavy atom. The number of nitrogens with zero attached hydrogens (tertiary/aromatic N) is 8. The zero-order chi connectivity index (χ0) is 18.4. The van der Waals surface area contributed by atoms with Crippen LogP contribution in [0.15, 0.2) is 41.7 Å². The fourth-order valence-corrected chi connectivity index (χ4v) is 3.66. The second-order valence-electron chi connectivity index (χ2n) is 6.22. The molecule has 8 nitrogen and oxygen atoms in total. The van der Waals surface area contributed by atoms with Gasteiger partial charge in [-0.1, -0.05) is 30.0 Å². The van der Waals surface area contributed by atoms with E-state index in [0.717, 1.165) is 30.0 Å². The molecule has 0 saturated heterocycles. The zero-order valence-corrected chi connectivity index (χ0v) is 15.7. The van der Waals surface area contributed by atoms with Gasteiger partial charge in [0.1, 0.15) is 5.69 Å². The monoisotopic (exact) mass is 376 g/mol. The molecule has 1 aliphatic rings. The minimum absolute atomic E-state index is 0.489. The van der Waals surface area contributed by atoms with E-state index in [1.165, 1.54) is 17.3 Å². The molecule has 0 unspecified atom stereocenters. The highest BCUT2D eigenvalue weighted by atomic mass is 32.2. The quantitative estimate of drug-likeness (QED) is 0.505. The minimum Gasteiger partial charge on any atom is -0.310 e. The van der Waals surface area contributed by atoms with Crippen molar-refractivity contribution in [3.05, 3.63) is 47.8 Å². The van der Waals surface area contributed by atoms with Gasteiger partial charge in [-0.3, -0.25) is 0 Å². The number of hydrogen-bond donors (Lipinski definition) is 0. The van der Waals surface area contributed by atoms with E-state index in [1.54, 1.807) is 10.7 Å². The molecule has 4 aromatic rings. The van der Waals surface area contributed by atoms with Gasteiger partial charge < -0.3 is 4.90 Å². The van der Waals surface area contributed by atoms with Crippen molar-refractivity contribution in [2.24, 2.45) is 0 Å². The Kier molecular flexibility index (Phi) is 3.75. The SMILES string of the molecule is CSc1nc2nnc(-c3ccnc(N4CCc5ccccc54)n3)c(C)n2n1. The number of rotatable bonds is 3. The van der Waals surface area contributed by atoms with Crippen molar-refractivity contribution in [1.29, 1.82) is 0 Å². The number of fused-ring (bicyclic) bond motifs is 2. The fourth-order valence-electron chi connectivity index (χ4n) is 3.32. The third kappa shape index (κ3) is 2.62. The highest BCUT2D eigenvalue weighted by Crippen LogP contribution is 2.33. The predicted octanol–water partition coefficient (Wildman–Crippen LogP) is 2.70. The number of hydrogen-bond acceptors (Lipinski definition) is 8. The fraction of sp³-hybridized carbons (Fsp3) is 0.222. The zero-order valence-electron chi connectivity index (χ0n) is 14.9. The number of para-hydroxylation sites is 1. The summed E-state index contributed by atoms with van der Waals surface area (Å²) in [5.74, 6) is 1.16. The van der Waals surface area contributed by atoms with Gasteiger partial charge in [-0.05, 0) is 37.3 Å². The predicted molar refractivity (Wildman–Crippen MR) is 103 cm³/mol. The van der Waals surface area contributed by atoms with Crippen molar-refractivity contribution >= 4 is 29.2 Å². The molecule has 0 N–H and O–H groups in total. The normalized spacial score (nSPS) is 13.3. The largest absolute Gasteiger partial charge is 0.310 e. The van der Waals surface area contributed by atoms with E-state index in [9.17, 15) is 0 Å². The molecule has 9 heteroatoms. The Morgan fingerprint density at radius 3 is 2.85 bits per heavy atom. The van der Waals surface area contributed by atoms with Crippen LogP contribution in [0, 0.1) is 6.92 Å². The van der Waals surface area contributed by atoms with Crippen molar-refractivity contribution in [2.75, 3.05) is 17.7 Å². The van der Waals surface area contributed by atoms with Crippen LogP contribution in [0.4, 0.5) is 11.6 Å². The van der Waals surface area contributed by atoms with Crippen LogP contribution in [-0.4, -0.2) is 47.6 Å². The first-order valence-corrected chi connectivity index (χ1v) is 9.80. The molecule has 0 fully saturated rings. The van der Waals surface area contributed by atoms with Gasteiger partial charge in [0.2, 0.25) is 11.1 Å². The maximum absolute atomic E-state index is 4.76. The van der Waals surface area contributed by atoms with Crippen LogP contribution < -0.4 is 4.90 Å². The van der Waals surface area contributed by atoms with E-state index in [-0.39, 0.29) is 0 Å². The second kappa shape index (κ2) is 6.27. The van der Waals surface area contributed by atoms with Gasteiger partial charge in [0.05, 0.1) is 11.4 Å². The summed E-state index contributed by atoms with van der Waals surface area (Å²) in [5, 5.41) is 13.7. The third-order valence-corrected chi connectivity index (χ3v) is 5.21. The van der Waals surface area contributed by atoms with E-state index in [1.807, 2.05) is 25.3 Å². The summed E-state index contributed by atoms with van der Waals surface area (Å²) < 4.78 is 1.71. The summed E-state index contributed by atoms with van der Waals surface area (Å²) >= 11 is 1.47. The lowest BCUT2D eigenvalue weighted by molar-refractivity contribution is 0.823. The summed E-state index contributed by atoms with van der Waals surface area (Å²) in [6.07, 6.45) is 4.69. The first-order valence-electron chi connectivity index (χ1n) is 8.57. The highest BCUT2D eigenvalue weighted by Gasteiger charge is 2.23. The molecule has 0 spiro atoms. The lowest BCUT2D eigenvalue weighted by atomic mass is 10.2. The van der Waals surface area contributed by atoms with Crippen molar-refractivity contribution in [3.8, 4) is 11.4 Å². The smallest absolute Gasteiger partial charge is 0.272 e. The molecule has 0 amide bonds. The Bertz CT molecular complexity index is 1160. The topological polar surface area (TPSA) is 85.0 Å². The summed E-state index contributed by atoms with van der Waals surface area (Å²) in [4.78, 5) is 15.7. The van der Waals surface area contributed by atoms with Gasteiger partial charge in [0, 0.05) is 18.4 Å². The lowest BCUT2D eigenvalue weighted by Crippen LogP contribution is -2.16. The number of aromatic nitrogens is 7. The van der Waals surface area contributed by atoms with E-state index < -0.39 is 0 Å². The lowest BCUT2D eigenvalue weighted by Gasteiger charge is -2.17. The third-order valence-electron chi connectivity index (χ3n) is 4.67. The van der Waals surface area contributed by atoms with Gasteiger partial charge in [-0.15, -0.1) is 15.3 Å². The number of aryl methyl sites for hydroxylation is 1. The molecule has 1 aromatic carbocycles. The Balaban J connectivity index is 1.59. The van der Waals surface area contributed by atoms with Gasteiger partial charge >= 0.3 is 0 Å². The molecule has 0 bridgehead atoms. The molecule has 0 saturated carbocycles. The van der Waals surface area contributed by atoms with E-state index in [4.69, 9.17) is 4.98 Å². The van der Waals surface area contributed by atoms with Crippen molar-refractivity contribution < 1.29 is 0 Å². The molecule has 3 aromatic heterocycles. The molecule has 1 aliphatic heterocycles. The van der Waals surface area contributed by atoms with E-state index >= 15 is 0 Å². The molecule has 0 aliphatic carbocycles. The van der Waals surface area contributed by atoms with Crippen LogP contribution in [0.25, 0.3) is 17.2 Å². The van der Waals surface area contributed by atoms with E-state index in [2.05, 4.69) is 48.4 Å². The van der Waals surface area contributed by atoms with Crippen molar-refractivity contribution in [2.45, 2.75) is 18.5 Å². The van der Waals surface area contributed by atoms with Crippen LogP contribution in [0.2, 0.25) is 0 Å². The van der Waals surface area contributed by atoms with E-state index in [0.29, 0.717) is 22.6 Å². The highest BCUT2D eigenvalue weighted by molar-refractivity contribution is 7.98. The number of anilines is 2. The summed E-state index contributed by atoms with van der Waals surface area (Å²) in [6.45, 7) is 2.81. The van der Waals surface area contributed by atoms with Crippen LogP contribution in [0.1, 0.15) is 11.3 Å². The first kappa shape index (κ1) is 16.1. The standard InChI is InChI=1S/C18H16N8S/c1-11-15(22-23-17-21-18(27-2)24-26(11)17)13-7-9-19-16(20-13)25-10-8-12-5-3-4-6-14(12)25/h3-7,9H,8,10H2,1-2H3. The first-order chi connectivity index (χ1) is 13.2. The maximum Gasteiger partial charge on any atom is 0.272 e. The minimum atomic E-state index is 0.489. The summed E-state index contributed by atoms with van der Waals surface area (Å²) in [7, 11) is 0. The van der Waals surface area contributed by atoms with Gasteiger partial charge in [-0.2, -0.15) is 9.50 Å². The average molecular weight is 376 g/mol. The Hall–Kier alpha value is -3.07. The van der Waals surface area contributed by atoms with Crippen LogP contribution in [-0.2, 0) is 6.42 Å².